The predicted molar refractivity (Wildman–Crippen MR) is 126 cm³/mol. The molecule has 1 aromatic heterocycles. The van der Waals surface area contributed by atoms with E-state index in [1.165, 1.54) is 50.5 Å². The van der Waals surface area contributed by atoms with Gasteiger partial charge in [0.15, 0.2) is 0 Å². The number of halogens is 2. The summed E-state index contributed by atoms with van der Waals surface area (Å²) in [7, 11) is 0. The van der Waals surface area contributed by atoms with Crippen LogP contribution in [0.4, 0.5) is 4.79 Å². The molecule has 0 unspecified atom stereocenters. The number of hydrogen-bond acceptors (Lipinski definition) is 3. The van der Waals surface area contributed by atoms with Crippen molar-refractivity contribution in [2.45, 2.75) is 57.8 Å². The normalized spacial score (nSPS) is 28.4. The van der Waals surface area contributed by atoms with Gasteiger partial charge in [0.05, 0.1) is 0 Å². The van der Waals surface area contributed by atoms with Crippen LogP contribution in [0.1, 0.15) is 56.9 Å². The number of aromatic nitrogens is 1. The molecule has 3 N–H and O–H groups in total. The minimum atomic E-state index is 0. The molecule has 4 bridgehead atoms. The van der Waals surface area contributed by atoms with E-state index in [1.807, 2.05) is 29.4 Å². The van der Waals surface area contributed by atoms with E-state index in [9.17, 15) is 4.79 Å². The Morgan fingerprint density at radius 2 is 1.67 bits per heavy atom. The summed E-state index contributed by atoms with van der Waals surface area (Å²) in [5.74, 6) is 2.91. The van der Waals surface area contributed by atoms with E-state index in [4.69, 9.17) is 5.73 Å². The Morgan fingerprint density at radius 1 is 1.07 bits per heavy atom. The van der Waals surface area contributed by atoms with E-state index in [1.54, 1.807) is 0 Å². The average molecular weight is 457 g/mol. The lowest BCUT2D eigenvalue weighted by molar-refractivity contribution is -0.0595. The summed E-state index contributed by atoms with van der Waals surface area (Å²) < 4.78 is 0. The predicted octanol–water partition coefficient (Wildman–Crippen LogP) is 4.43. The standard InChI is InChI=1S/C23H36N4O.2ClH/c24-6-11-27(22(28)26-7-1-2-18-3-8-25-9-4-18)10-5-23-15-19-12-20(16-23)14-21(13-19)17-23;;/h3-4,8-9,19-21H,1-2,5-7,10-17,24H2,(H,26,28);2*1H. The fourth-order valence-corrected chi connectivity index (χ4v) is 6.59. The SMILES string of the molecule is Cl.Cl.NCCN(CCC12CC3CC(CC(C3)C1)C2)C(=O)NCCCc1ccncc1. The number of aryl methyl sites for hydroxylation is 1. The van der Waals surface area contributed by atoms with Gasteiger partial charge in [-0.2, -0.15) is 0 Å². The maximum absolute atomic E-state index is 12.7. The number of hydrogen-bond donors (Lipinski definition) is 2. The summed E-state index contributed by atoms with van der Waals surface area (Å²) >= 11 is 0. The minimum absolute atomic E-state index is 0. The van der Waals surface area contributed by atoms with E-state index in [-0.39, 0.29) is 30.8 Å². The van der Waals surface area contributed by atoms with Gasteiger partial charge in [-0.25, -0.2) is 4.79 Å². The van der Waals surface area contributed by atoms with Gasteiger partial charge < -0.3 is 16.0 Å². The molecule has 7 heteroatoms. The Labute approximate surface area is 193 Å². The van der Waals surface area contributed by atoms with Crippen LogP contribution in [0, 0.1) is 23.2 Å². The number of nitrogens with one attached hydrogen (secondary N) is 1. The highest BCUT2D eigenvalue weighted by molar-refractivity contribution is 5.85. The first-order valence-corrected chi connectivity index (χ1v) is 11.3. The van der Waals surface area contributed by atoms with Crippen molar-refractivity contribution in [1.82, 2.24) is 15.2 Å². The van der Waals surface area contributed by atoms with Crippen molar-refractivity contribution in [3.05, 3.63) is 30.1 Å². The fraction of sp³-hybridized carbons (Fsp3) is 0.739. The van der Waals surface area contributed by atoms with Crippen molar-refractivity contribution in [3.8, 4) is 0 Å². The molecule has 4 saturated carbocycles. The molecule has 0 saturated heterocycles. The Bertz CT molecular complexity index is 623. The molecule has 2 amide bonds. The molecule has 0 aliphatic heterocycles. The van der Waals surface area contributed by atoms with Crippen LogP contribution in [0.2, 0.25) is 0 Å². The molecular formula is C23H38Cl2N4O. The molecule has 30 heavy (non-hydrogen) atoms. The van der Waals surface area contributed by atoms with Crippen molar-refractivity contribution in [2.75, 3.05) is 26.2 Å². The van der Waals surface area contributed by atoms with Crippen LogP contribution in [0.15, 0.2) is 24.5 Å². The third kappa shape index (κ3) is 6.24. The highest BCUT2D eigenvalue weighted by atomic mass is 35.5. The summed E-state index contributed by atoms with van der Waals surface area (Å²) in [6, 6.07) is 4.13. The zero-order valence-corrected chi connectivity index (χ0v) is 19.6. The van der Waals surface area contributed by atoms with E-state index in [2.05, 4.69) is 10.3 Å². The molecule has 5 nitrogen and oxygen atoms in total. The van der Waals surface area contributed by atoms with E-state index < -0.39 is 0 Å². The van der Waals surface area contributed by atoms with Crippen molar-refractivity contribution in [2.24, 2.45) is 28.9 Å². The summed E-state index contributed by atoms with van der Waals surface area (Å²) in [4.78, 5) is 18.7. The smallest absolute Gasteiger partial charge is 0.317 e. The second kappa shape index (κ2) is 11.5. The highest BCUT2D eigenvalue weighted by Gasteiger charge is 2.50. The average Bonchev–Trinajstić information content (AvgIpc) is 2.68. The van der Waals surface area contributed by atoms with E-state index in [0.29, 0.717) is 25.0 Å². The van der Waals surface area contributed by atoms with Gasteiger partial charge in [-0.1, -0.05) is 0 Å². The van der Waals surface area contributed by atoms with Gasteiger partial charge in [-0.15, -0.1) is 24.8 Å². The fourth-order valence-electron chi connectivity index (χ4n) is 6.59. The monoisotopic (exact) mass is 456 g/mol. The van der Waals surface area contributed by atoms with Gasteiger partial charge >= 0.3 is 6.03 Å². The maximum atomic E-state index is 12.7. The Balaban J connectivity index is 0.00000160. The van der Waals surface area contributed by atoms with Crippen molar-refractivity contribution >= 4 is 30.8 Å². The lowest BCUT2D eigenvalue weighted by Gasteiger charge is -2.57. The summed E-state index contributed by atoms with van der Waals surface area (Å²) in [5, 5.41) is 3.11. The van der Waals surface area contributed by atoms with Crippen LogP contribution in [-0.2, 0) is 6.42 Å². The van der Waals surface area contributed by atoms with Gasteiger partial charge in [0, 0.05) is 38.6 Å². The zero-order chi connectivity index (χ0) is 19.4. The molecule has 4 aliphatic carbocycles. The van der Waals surface area contributed by atoms with Crippen molar-refractivity contribution < 1.29 is 4.79 Å². The third-order valence-corrected chi connectivity index (χ3v) is 7.43. The number of carbonyl (C=O) groups is 1. The Kier molecular flexibility index (Phi) is 9.70. The van der Waals surface area contributed by atoms with Crippen LogP contribution < -0.4 is 11.1 Å². The maximum Gasteiger partial charge on any atom is 0.317 e. The van der Waals surface area contributed by atoms with Crippen LogP contribution in [0.25, 0.3) is 0 Å². The van der Waals surface area contributed by atoms with Crippen LogP contribution in [-0.4, -0.2) is 42.1 Å². The number of pyridine rings is 1. The molecule has 1 heterocycles. The zero-order valence-electron chi connectivity index (χ0n) is 17.9. The Morgan fingerprint density at radius 3 is 2.23 bits per heavy atom. The molecule has 170 valence electrons. The van der Waals surface area contributed by atoms with Gasteiger partial charge in [-0.05, 0) is 98.7 Å². The molecule has 0 atom stereocenters. The number of rotatable bonds is 9. The number of carbonyl (C=O) groups excluding carboxylic acids is 1. The summed E-state index contributed by atoms with van der Waals surface area (Å²) in [6.07, 6.45) is 15.4. The summed E-state index contributed by atoms with van der Waals surface area (Å²) in [6.45, 7) is 2.76. The van der Waals surface area contributed by atoms with Gasteiger partial charge in [0.25, 0.3) is 0 Å². The van der Waals surface area contributed by atoms with Crippen molar-refractivity contribution in [1.29, 1.82) is 0 Å². The molecule has 0 aromatic carbocycles. The lowest BCUT2D eigenvalue weighted by atomic mass is 9.49. The first-order valence-electron chi connectivity index (χ1n) is 11.3. The Hall–Kier alpha value is -1.04. The van der Waals surface area contributed by atoms with Gasteiger partial charge in [-0.3, -0.25) is 4.98 Å². The molecule has 5 rings (SSSR count). The van der Waals surface area contributed by atoms with E-state index >= 15 is 0 Å². The van der Waals surface area contributed by atoms with Crippen LogP contribution in [0.3, 0.4) is 0 Å². The molecular weight excluding hydrogens is 419 g/mol. The van der Waals surface area contributed by atoms with Gasteiger partial charge in [0.1, 0.15) is 0 Å². The molecule has 0 spiro atoms. The number of nitrogens with zero attached hydrogens (tertiary/aromatic N) is 2. The van der Waals surface area contributed by atoms with E-state index in [0.717, 1.165) is 37.1 Å². The minimum Gasteiger partial charge on any atom is -0.338 e. The lowest BCUT2D eigenvalue weighted by Crippen LogP contribution is -2.49. The number of nitrogens with two attached hydrogens (primary N) is 1. The quantitative estimate of drug-likeness (QED) is 0.539. The van der Waals surface area contributed by atoms with Crippen LogP contribution in [0.5, 0.6) is 0 Å². The molecule has 4 aliphatic rings. The molecule has 0 radical (unpaired) electrons. The second-order valence-corrected chi connectivity index (χ2v) is 9.63. The van der Waals surface area contributed by atoms with Gasteiger partial charge in [0.2, 0.25) is 0 Å². The van der Waals surface area contributed by atoms with Crippen LogP contribution >= 0.6 is 24.8 Å². The second-order valence-electron chi connectivity index (χ2n) is 9.63. The molecule has 1 aromatic rings. The largest absolute Gasteiger partial charge is 0.338 e. The first-order chi connectivity index (χ1) is 13.7. The topological polar surface area (TPSA) is 71.2 Å². The third-order valence-electron chi connectivity index (χ3n) is 7.43. The first kappa shape index (κ1) is 25.2. The summed E-state index contributed by atoms with van der Waals surface area (Å²) in [5.41, 5.74) is 7.59. The molecule has 4 fully saturated rings. The number of amides is 2. The highest BCUT2D eigenvalue weighted by Crippen LogP contribution is 2.61. The number of urea groups is 1. The van der Waals surface area contributed by atoms with Crippen molar-refractivity contribution in [3.63, 3.8) is 0 Å².